The molecule has 0 radical (unpaired) electrons. The fourth-order valence-corrected chi connectivity index (χ4v) is 2.50. The van der Waals surface area contributed by atoms with E-state index in [9.17, 15) is 0 Å². The van der Waals surface area contributed by atoms with E-state index in [-0.39, 0.29) is 0 Å². The van der Waals surface area contributed by atoms with E-state index in [1.807, 2.05) is 7.05 Å². The molecule has 0 saturated carbocycles. The molecule has 0 bridgehead atoms. The van der Waals surface area contributed by atoms with Crippen LogP contribution in [0.3, 0.4) is 0 Å². The second-order valence-electron chi connectivity index (χ2n) is 5.00. The van der Waals surface area contributed by atoms with E-state index in [0.717, 1.165) is 30.5 Å². The monoisotopic (exact) mass is 343 g/mol. The molecule has 1 unspecified atom stereocenters. The molecule has 0 aliphatic heterocycles. The minimum atomic E-state index is 0.659. The normalized spacial score (nSPS) is 12.6. The number of nitrogens with one attached hydrogen (secondary N) is 1. The van der Waals surface area contributed by atoms with Crippen LogP contribution in [-0.4, -0.2) is 40.5 Å². The van der Waals surface area contributed by atoms with E-state index in [4.69, 9.17) is 9.47 Å². The van der Waals surface area contributed by atoms with Gasteiger partial charge in [0.25, 0.3) is 0 Å². The van der Waals surface area contributed by atoms with Crippen LogP contribution in [0, 0.1) is 5.92 Å². The van der Waals surface area contributed by atoms with Gasteiger partial charge < -0.3 is 14.8 Å². The van der Waals surface area contributed by atoms with Gasteiger partial charge in [-0.05, 0) is 56.5 Å². The average molecular weight is 344 g/mol. The van der Waals surface area contributed by atoms with Crippen LogP contribution in [0.4, 0.5) is 0 Å². The van der Waals surface area contributed by atoms with Crippen molar-refractivity contribution in [3.05, 3.63) is 34.3 Å². The van der Waals surface area contributed by atoms with Crippen LogP contribution in [0.5, 0.6) is 0 Å². The summed E-state index contributed by atoms with van der Waals surface area (Å²) in [5.41, 5.74) is 1.40. The Bertz CT molecular complexity index is 343. The highest BCUT2D eigenvalue weighted by molar-refractivity contribution is 9.10. The van der Waals surface area contributed by atoms with Gasteiger partial charge in [0.15, 0.2) is 0 Å². The fraction of sp³-hybridized carbons (Fsp3) is 0.625. The number of ether oxygens (including phenoxy) is 2. The summed E-state index contributed by atoms with van der Waals surface area (Å²) in [6.07, 6.45) is 3.41. The van der Waals surface area contributed by atoms with Crippen LogP contribution in [0.15, 0.2) is 28.7 Å². The van der Waals surface area contributed by atoms with Crippen molar-refractivity contribution in [3.63, 3.8) is 0 Å². The van der Waals surface area contributed by atoms with Crippen molar-refractivity contribution in [1.82, 2.24) is 5.32 Å². The lowest BCUT2D eigenvalue weighted by molar-refractivity contribution is 0.0672. The van der Waals surface area contributed by atoms with Gasteiger partial charge in [-0.25, -0.2) is 0 Å². The Hall–Kier alpha value is -0.420. The second kappa shape index (κ2) is 11.3. The molecule has 114 valence electrons. The molecule has 1 rings (SSSR count). The van der Waals surface area contributed by atoms with E-state index >= 15 is 0 Å². The predicted octanol–water partition coefficient (Wildman–Crippen LogP) is 3.27. The van der Waals surface area contributed by atoms with Crippen molar-refractivity contribution in [2.45, 2.75) is 19.3 Å². The maximum atomic E-state index is 5.52. The molecule has 0 saturated heterocycles. The first-order chi connectivity index (χ1) is 9.76. The van der Waals surface area contributed by atoms with Crippen molar-refractivity contribution in [2.75, 3.05) is 40.5 Å². The molecular formula is C16H26BrNO2. The Morgan fingerprint density at radius 1 is 1.15 bits per heavy atom. The smallest absolute Gasteiger partial charge is 0.0700 e. The molecule has 3 nitrogen and oxygen atoms in total. The summed E-state index contributed by atoms with van der Waals surface area (Å²) in [5, 5.41) is 3.29. The lowest BCUT2D eigenvalue weighted by Gasteiger charge is -2.16. The number of halogens is 1. The standard InChI is InChI=1S/C16H26BrNO2/c1-18-13-15(4-3-9-20-11-10-19-2)12-14-5-7-16(17)8-6-14/h5-8,15,18H,3-4,9-13H2,1-2H3. The third-order valence-corrected chi connectivity index (χ3v) is 3.79. The van der Waals surface area contributed by atoms with Gasteiger partial charge in [-0.2, -0.15) is 0 Å². The second-order valence-corrected chi connectivity index (χ2v) is 5.92. The minimum Gasteiger partial charge on any atom is -0.382 e. The zero-order valence-corrected chi connectivity index (χ0v) is 14.1. The Kier molecular flexibility index (Phi) is 9.93. The molecule has 0 heterocycles. The number of benzene rings is 1. The molecule has 1 aromatic carbocycles. The van der Waals surface area contributed by atoms with Crippen LogP contribution in [0.2, 0.25) is 0 Å². The first-order valence-corrected chi connectivity index (χ1v) is 8.01. The number of rotatable bonds is 11. The van der Waals surface area contributed by atoms with Gasteiger partial charge in [-0.3, -0.25) is 0 Å². The molecular weight excluding hydrogens is 318 g/mol. The van der Waals surface area contributed by atoms with Gasteiger partial charge in [-0.1, -0.05) is 28.1 Å². The molecule has 0 aromatic heterocycles. The Labute approximate surface area is 131 Å². The summed E-state index contributed by atoms with van der Waals surface area (Å²) in [5.74, 6) is 0.659. The van der Waals surface area contributed by atoms with Gasteiger partial charge in [-0.15, -0.1) is 0 Å². The molecule has 0 fully saturated rings. The molecule has 1 atom stereocenters. The molecule has 0 spiro atoms. The third kappa shape index (κ3) is 8.00. The van der Waals surface area contributed by atoms with Crippen LogP contribution < -0.4 is 5.32 Å². The number of hydrogen-bond acceptors (Lipinski definition) is 3. The van der Waals surface area contributed by atoms with E-state index < -0.39 is 0 Å². The number of hydrogen-bond donors (Lipinski definition) is 1. The topological polar surface area (TPSA) is 30.5 Å². The largest absolute Gasteiger partial charge is 0.382 e. The quantitative estimate of drug-likeness (QED) is 0.625. The highest BCUT2D eigenvalue weighted by Crippen LogP contribution is 2.16. The first-order valence-electron chi connectivity index (χ1n) is 7.22. The van der Waals surface area contributed by atoms with Crippen molar-refractivity contribution in [1.29, 1.82) is 0 Å². The van der Waals surface area contributed by atoms with E-state index in [1.54, 1.807) is 7.11 Å². The van der Waals surface area contributed by atoms with Crippen molar-refractivity contribution in [2.24, 2.45) is 5.92 Å². The van der Waals surface area contributed by atoms with Crippen molar-refractivity contribution >= 4 is 15.9 Å². The van der Waals surface area contributed by atoms with Gasteiger partial charge >= 0.3 is 0 Å². The van der Waals surface area contributed by atoms with Crippen molar-refractivity contribution in [3.8, 4) is 0 Å². The average Bonchev–Trinajstić information content (AvgIpc) is 2.45. The Morgan fingerprint density at radius 3 is 2.55 bits per heavy atom. The Morgan fingerprint density at radius 2 is 1.90 bits per heavy atom. The number of methoxy groups -OCH3 is 1. The van der Waals surface area contributed by atoms with Gasteiger partial charge in [0.2, 0.25) is 0 Å². The van der Waals surface area contributed by atoms with E-state index in [2.05, 4.69) is 45.5 Å². The van der Waals surface area contributed by atoms with Gasteiger partial charge in [0.05, 0.1) is 13.2 Å². The third-order valence-electron chi connectivity index (χ3n) is 3.26. The fourth-order valence-electron chi connectivity index (χ4n) is 2.24. The summed E-state index contributed by atoms with van der Waals surface area (Å²) in [6, 6.07) is 8.61. The highest BCUT2D eigenvalue weighted by Gasteiger charge is 2.09. The first kappa shape index (κ1) is 17.6. The van der Waals surface area contributed by atoms with E-state index in [0.29, 0.717) is 19.1 Å². The summed E-state index contributed by atoms with van der Waals surface area (Å²) in [4.78, 5) is 0. The predicted molar refractivity (Wildman–Crippen MR) is 87.2 cm³/mol. The van der Waals surface area contributed by atoms with Crippen LogP contribution in [-0.2, 0) is 15.9 Å². The summed E-state index contributed by atoms with van der Waals surface area (Å²) < 4.78 is 11.6. The highest BCUT2D eigenvalue weighted by atomic mass is 79.9. The van der Waals surface area contributed by atoms with Crippen LogP contribution >= 0.6 is 15.9 Å². The molecule has 0 amide bonds. The molecule has 1 N–H and O–H groups in total. The molecule has 1 aromatic rings. The van der Waals surface area contributed by atoms with Crippen molar-refractivity contribution < 1.29 is 9.47 Å². The SMILES string of the molecule is CNCC(CCCOCCOC)Cc1ccc(Br)cc1. The maximum Gasteiger partial charge on any atom is 0.0700 e. The minimum absolute atomic E-state index is 0.659. The summed E-state index contributed by atoms with van der Waals surface area (Å²) >= 11 is 3.48. The van der Waals surface area contributed by atoms with E-state index in [1.165, 1.54) is 12.0 Å². The maximum absolute atomic E-state index is 5.52. The molecule has 4 heteroatoms. The lowest BCUT2D eigenvalue weighted by atomic mass is 9.95. The van der Waals surface area contributed by atoms with Crippen LogP contribution in [0.1, 0.15) is 18.4 Å². The van der Waals surface area contributed by atoms with Gasteiger partial charge in [0.1, 0.15) is 0 Å². The molecule has 0 aliphatic carbocycles. The summed E-state index contributed by atoms with van der Waals surface area (Å²) in [7, 11) is 3.72. The molecule has 0 aliphatic rings. The zero-order chi connectivity index (χ0) is 14.6. The molecule has 20 heavy (non-hydrogen) atoms. The Balaban J connectivity index is 2.27. The zero-order valence-electron chi connectivity index (χ0n) is 12.5. The summed E-state index contributed by atoms with van der Waals surface area (Å²) in [6.45, 7) is 3.25. The van der Waals surface area contributed by atoms with Crippen LogP contribution in [0.25, 0.3) is 0 Å². The lowest BCUT2D eigenvalue weighted by Crippen LogP contribution is -2.21. The van der Waals surface area contributed by atoms with Gasteiger partial charge in [0, 0.05) is 18.2 Å².